The van der Waals surface area contributed by atoms with Crippen molar-refractivity contribution in [2.45, 2.75) is 57.7 Å². The maximum Gasteiger partial charge on any atom is 0.0932 e. The third-order valence-corrected chi connectivity index (χ3v) is 5.64. The fourth-order valence-corrected chi connectivity index (χ4v) is 4.18. The first-order chi connectivity index (χ1) is 7.44. The molecule has 0 saturated carbocycles. The van der Waals surface area contributed by atoms with Gasteiger partial charge < -0.3 is 4.74 Å². The van der Waals surface area contributed by atoms with Crippen LogP contribution in [0.2, 0.25) is 0 Å². The Morgan fingerprint density at radius 1 is 1.44 bits per heavy atom. The van der Waals surface area contributed by atoms with Gasteiger partial charge in [-0.2, -0.15) is 0 Å². The predicted octanol–water partition coefficient (Wildman–Crippen LogP) is 3.86. The summed E-state index contributed by atoms with van der Waals surface area (Å²) in [6.45, 7) is 11.1. The molecule has 1 aliphatic carbocycles. The molecule has 4 atom stereocenters. The van der Waals surface area contributed by atoms with E-state index in [-0.39, 0.29) is 11.2 Å². The Balaban J connectivity index is 2.10. The molecule has 0 amide bonds. The lowest BCUT2D eigenvalue weighted by Gasteiger charge is -2.47. The molecular formula is C15H22O. The first-order valence-corrected chi connectivity index (χ1v) is 6.48. The predicted molar refractivity (Wildman–Crippen MR) is 66.2 cm³/mol. The van der Waals surface area contributed by atoms with Crippen LogP contribution in [0.1, 0.15) is 46.5 Å². The van der Waals surface area contributed by atoms with E-state index >= 15 is 0 Å². The average molecular weight is 218 g/mol. The summed E-state index contributed by atoms with van der Waals surface area (Å²) in [5.74, 6) is 0.721. The highest BCUT2D eigenvalue weighted by Crippen LogP contribution is 2.67. The lowest BCUT2D eigenvalue weighted by Crippen LogP contribution is -2.47. The van der Waals surface area contributed by atoms with Gasteiger partial charge in [0.1, 0.15) is 0 Å². The van der Waals surface area contributed by atoms with Gasteiger partial charge in [-0.25, -0.2) is 0 Å². The number of hydrogen-bond acceptors (Lipinski definition) is 1. The Morgan fingerprint density at radius 3 is 2.81 bits per heavy atom. The Labute approximate surface area is 98.6 Å². The lowest BCUT2D eigenvalue weighted by molar-refractivity contribution is -0.0480. The quantitative estimate of drug-likeness (QED) is 0.607. The summed E-state index contributed by atoms with van der Waals surface area (Å²) in [5, 5.41) is 0. The summed E-state index contributed by atoms with van der Waals surface area (Å²) >= 11 is 0. The number of fused-ring (bicyclic) bond motifs is 1. The number of ether oxygens (including phenoxy) is 1. The van der Waals surface area contributed by atoms with E-state index in [1.807, 2.05) is 0 Å². The van der Waals surface area contributed by atoms with Crippen molar-refractivity contribution < 1.29 is 4.74 Å². The monoisotopic (exact) mass is 218 g/mol. The molecule has 2 bridgehead atoms. The van der Waals surface area contributed by atoms with Crippen LogP contribution < -0.4 is 0 Å². The normalized spacial score (nSPS) is 54.1. The maximum atomic E-state index is 6.50. The zero-order valence-electron chi connectivity index (χ0n) is 10.7. The molecule has 3 aliphatic rings. The topological polar surface area (TPSA) is 9.23 Å². The van der Waals surface area contributed by atoms with Crippen LogP contribution in [0.4, 0.5) is 0 Å². The molecule has 2 fully saturated rings. The summed E-state index contributed by atoms with van der Waals surface area (Å²) in [6.07, 6.45) is 9.39. The van der Waals surface area contributed by atoms with Gasteiger partial charge in [0.25, 0.3) is 0 Å². The van der Waals surface area contributed by atoms with Crippen LogP contribution in [0.15, 0.2) is 24.3 Å². The number of rotatable bonds is 1. The van der Waals surface area contributed by atoms with Crippen LogP contribution in [0.5, 0.6) is 0 Å². The smallest absolute Gasteiger partial charge is 0.0932 e. The minimum absolute atomic E-state index is 0.0162. The molecule has 2 saturated heterocycles. The molecule has 1 spiro atoms. The van der Waals surface area contributed by atoms with Gasteiger partial charge in [0.15, 0.2) is 0 Å². The highest BCUT2D eigenvalue weighted by molar-refractivity contribution is 5.32. The first kappa shape index (κ1) is 10.6. The van der Waals surface area contributed by atoms with Crippen molar-refractivity contribution in [2.24, 2.45) is 11.3 Å². The maximum absolute atomic E-state index is 6.50. The summed E-state index contributed by atoms with van der Waals surface area (Å²) < 4.78 is 6.50. The van der Waals surface area contributed by atoms with Crippen molar-refractivity contribution >= 4 is 0 Å². The molecule has 0 aromatic carbocycles. The molecule has 2 aliphatic heterocycles. The summed E-state index contributed by atoms with van der Waals surface area (Å²) in [7, 11) is 0. The highest BCUT2D eigenvalue weighted by Gasteiger charge is 2.68. The van der Waals surface area contributed by atoms with Crippen molar-refractivity contribution in [1.29, 1.82) is 0 Å². The molecule has 1 nitrogen and oxygen atoms in total. The molecular weight excluding hydrogens is 196 g/mol. The summed E-state index contributed by atoms with van der Waals surface area (Å²) in [4.78, 5) is 0. The third-order valence-electron chi connectivity index (χ3n) is 5.64. The minimum atomic E-state index is -0.0162. The lowest BCUT2D eigenvalue weighted by atomic mass is 9.55. The number of hydrogen-bond donors (Lipinski definition) is 0. The fraction of sp³-hybridized carbons (Fsp3) is 0.733. The van der Waals surface area contributed by atoms with E-state index in [4.69, 9.17) is 4.74 Å². The Bertz CT molecular complexity index is 383. The standard InChI is InChI=1S/C15H22O/c1-11(2)14-8-9-15(16-14)7-5-6-12(3)13(15,4)10-14/h5,7,12H,1,6,8-10H2,2-4H3/t12-,13+,14-,15+/m1/s1. The minimum Gasteiger partial charge on any atom is -0.360 e. The summed E-state index contributed by atoms with van der Waals surface area (Å²) in [6, 6.07) is 0. The highest BCUT2D eigenvalue weighted by atomic mass is 16.5. The van der Waals surface area contributed by atoms with E-state index < -0.39 is 0 Å². The molecule has 2 heterocycles. The molecule has 3 rings (SSSR count). The molecule has 88 valence electrons. The van der Waals surface area contributed by atoms with Crippen LogP contribution >= 0.6 is 0 Å². The van der Waals surface area contributed by atoms with Crippen LogP contribution in [0, 0.1) is 11.3 Å². The van der Waals surface area contributed by atoms with Crippen LogP contribution in [0.3, 0.4) is 0 Å². The van der Waals surface area contributed by atoms with E-state index in [9.17, 15) is 0 Å². The second-order valence-corrected chi connectivity index (χ2v) is 6.40. The van der Waals surface area contributed by atoms with Crippen molar-refractivity contribution in [1.82, 2.24) is 0 Å². The zero-order chi connectivity index (χ0) is 11.6. The zero-order valence-corrected chi connectivity index (χ0v) is 10.7. The average Bonchev–Trinajstić information content (AvgIpc) is 2.70. The van der Waals surface area contributed by atoms with Crippen molar-refractivity contribution in [3.8, 4) is 0 Å². The largest absolute Gasteiger partial charge is 0.360 e. The second kappa shape index (κ2) is 2.81. The van der Waals surface area contributed by atoms with E-state index in [1.165, 1.54) is 24.8 Å². The Kier molecular flexibility index (Phi) is 1.86. The van der Waals surface area contributed by atoms with Gasteiger partial charge in [0, 0.05) is 5.41 Å². The molecule has 0 radical (unpaired) electrons. The SMILES string of the molecule is C=C(C)[C@@]12CC[C@]3(C=CC[C@@H](C)[C@]3(C)C1)O2. The van der Waals surface area contributed by atoms with Gasteiger partial charge in [-0.3, -0.25) is 0 Å². The van der Waals surface area contributed by atoms with Crippen molar-refractivity contribution in [2.75, 3.05) is 0 Å². The van der Waals surface area contributed by atoms with Crippen LogP contribution in [0.25, 0.3) is 0 Å². The van der Waals surface area contributed by atoms with E-state index in [2.05, 4.69) is 39.5 Å². The third kappa shape index (κ3) is 0.964. The molecule has 0 N–H and O–H groups in total. The molecule has 16 heavy (non-hydrogen) atoms. The molecule has 0 aromatic heterocycles. The van der Waals surface area contributed by atoms with E-state index in [1.54, 1.807) is 0 Å². The molecule has 0 aromatic rings. The van der Waals surface area contributed by atoms with Gasteiger partial charge in [-0.1, -0.05) is 32.6 Å². The second-order valence-electron chi connectivity index (χ2n) is 6.40. The van der Waals surface area contributed by atoms with Crippen LogP contribution in [-0.4, -0.2) is 11.2 Å². The van der Waals surface area contributed by atoms with E-state index in [0.717, 1.165) is 12.3 Å². The molecule has 0 unspecified atom stereocenters. The fourth-order valence-electron chi connectivity index (χ4n) is 4.18. The van der Waals surface area contributed by atoms with Crippen LogP contribution in [-0.2, 0) is 4.74 Å². The van der Waals surface area contributed by atoms with E-state index in [0.29, 0.717) is 5.41 Å². The first-order valence-electron chi connectivity index (χ1n) is 6.48. The summed E-state index contributed by atoms with van der Waals surface area (Å²) in [5.41, 5.74) is 1.54. The Morgan fingerprint density at radius 2 is 2.19 bits per heavy atom. The van der Waals surface area contributed by atoms with Gasteiger partial charge in [0.05, 0.1) is 11.2 Å². The molecule has 1 heteroatoms. The van der Waals surface area contributed by atoms with Gasteiger partial charge in [0.2, 0.25) is 0 Å². The van der Waals surface area contributed by atoms with Crippen molar-refractivity contribution in [3.05, 3.63) is 24.3 Å². The Hall–Kier alpha value is -0.560. The number of allylic oxidation sites excluding steroid dienone is 1. The van der Waals surface area contributed by atoms with Crippen molar-refractivity contribution in [3.63, 3.8) is 0 Å². The van der Waals surface area contributed by atoms with Gasteiger partial charge in [-0.05, 0) is 44.1 Å². The van der Waals surface area contributed by atoms with Gasteiger partial charge in [-0.15, -0.1) is 0 Å². The van der Waals surface area contributed by atoms with Gasteiger partial charge >= 0.3 is 0 Å².